The van der Waals surface area contributed by atoms with Crippen molar-refractivity contribution in [3.63, 3.8) is 0 Å². The Bertz CT molecular complexity index is 547. The van der Waals surface area contributed by atoms with E-state index in [4.69, 9.17) is 9.84 Å². The lowest BCUT2D eigenvalue weighted by molar-refractivity contribution is -0.137. The smallest absolute Gasteiger partial charge is 0.338 e. The van der Waals surface area contributed by atoms with Crippen molar-refractivity contribution in [2.45, 2.75) is 13.3 Å². The number of hydrogen-bond acceptors (Lipinski definition) is 5. The number of carbonyl (C=O) groups excluding carboxylic acids is 2. The van der Waals surface area contributed by atoms with Crippen LogP contribution >= 0.6 is 0 Å². The van der Waals surface area contributed by atoms with Crippen LogP contribution in [0.3, 0.4) is 0 Å². The van der Waals surface area contributed by atoms with Crippen LogP contribution in [0.15, 0.2) is 55.1 Å². The first-order valence-corrected chi connectivity index (χ1v) is 6.84. The molecule has 124 valence electrons. The highest BCUT2D eigenvalue weighted by Crippen LogP contribution is 2.03. The summed E-state index contributed by atoms with van der Waals surface area (Å²) in [6.45, 7) is 8.74. The van der Waals surface area contributed by atoms with E-state index in [9.17, 15) is 14.4 Å². The predicted octanol–water partition coefficient (Wildman–Crippen LogP) is 2.61. The van der Waals surface area contributed by atoms with Crippen molar-refractivity contribution < 1.29 is 29.0 Å². The number of carboxylic acids is 1. The Morgan fingerprint density at radius 1 is 1.17 bits per heavy atom. The molecular formula is C17H20O6. The Morgan fingerprint density at radius 2 is 1.78 bits per heavy atom. The third-order valence-electron chi connectivity index (χ3n) is 2.40. The average Bonchev–Trinajstić information content (AvgIpc) is 2.56. The number of carboxylic acid groups (broad SMARTS) is 1. The molecule has 0 aliphatic rings. The summed E-state index contributed by atoms with van der Waals surface area (Å²) in [7, 11) is 0. The molecule has 0 radical (unpaired) electrons. The summed E-state index contributed by atoms with van der Waals surface area (Å²) in [5.74, 6) is -1.89. The molecule has 0 aromatic heterocycles. The zero-order valence-corrected chi connectivity index (χ0v) is 13.0. The Balaban J connectivity index is 0.000000585. The van der Waals surface area contributed by atoms with Crippen LogP contribution in [-0.4, -0.2) is 36.2 Å². The Morgan fingerprint density at radius 3 is 2.22 bits per heavy atom. The van der Waals surface area contributed by atoms with Crippen molar-refractivity contribution >= 4 is 17.9 Å². The summed E-state index contributed by atoms with van der Waals surface area (Å²) < 4.78 is 9.32. The molecule has 0 saturated heterocycles. The van der Waals surface area contributed by atoms with Gasteiger partial charge in [-0.25, -0.2) is 14.4 Å². The Hall–Kier alpha value is -2.89. The molecule has 1 aromatic rings. The second-order valence-electron chi connectivity index (χ2n) is 4.12. The normalized spacial score (nSPS) is 8.91. The van der Waals surface area contributed by atoms with E-state index in [0.29, 0.717) is 12.2 Å². The van der Waals surface area contributed by atoms with Gasteiger partial charge in [-0.3, -0.25) is 0 Å². The van der Waals surface area contributed by atoms with Gasteiger partial charge in [0.1, 0.15) is 0 Å². The van der Waals surface area contributed by atoms with Crippen LogP contribution in [0.25, 0.3) is 0 Å². The number of carbonyl (C=O) groups is 3. The summed E-state index contributed by atoms with van der Waals surface area (Å²) >= 11 is 0. The molecule has 1 rings (SSSR count). The molecule has 0 aliphatic heterocycles. The average molecular weight is 320 g/mol. The molecule has 0 saturated carbocycles. The van der Waals surface area contributed by atoms with Gasteiger partial charge in [0.15, 0.2) is 0 Å². The quantitative estimate of drug-likeness (QED) is 0.613. The summed E-state index contributed by atoms with van der Waals surface area (Å²) in [4.78, 5) is 31.9. The van der Waals surface area contributed by atoms with Gasteiger partial charge < -0.3 is 14.6 Å². The standard InChI is InChI=1S/C12H12O4.C5H8O2/c1-9(11(13)14)7-8-16-12(15)10-5-3-2-4-6-10;1-3-5(6)7-4-2/h2-6H,1,7-8H2,(H,13,14);3H,1,4H2,2H3. The van der Waals surface area contributed by atoms with Gasteiger partial charge in [0.2, 0.25) is 0 Å². The van der Waals surface area contributed by atoms with Crippen LogP contribution in [-0.2, 0) is 19.1 Å². The molecule has 0 spiro atoms. The Kier molecular flexibility index (Phi) is 10.3. The lowest BCUT2D eigenvalue weighted by atomic mass is 10.2. The molecule has 0 unspecified atom stereocenters. The zero-order valence-electron chi connectivity index (χ0n) is 13.0. The SMILES string of the molecule is C=C(CCOC(=O)c1ccccc1)C(=O)O.C=CC(=O)OCC. The molecule has 6 heteroatoms. The summed E-state index contributed by atoms with van der Waals surface area (Å²) in [5.41, 5.74) is 0.476. The van der Waals surface area contributed by atoms with Crippen LogP contribution in [0.1, 0.15) is 23.7 Å². The van der Waals surface area contributed by atoms with E-state index in [1.165, 1.54) is 0 Å². The zero-order chi connectivity index (χ0) is 17.7. The molecule has 0 atom stereocenters. The van der Waals surface area contributed by atoms with E-state index >= 15 is 0 Å². The lowest BCUT2D eigenvalue weighted by Crippen LogP contribution is -2.09. The summed E-state index contributed by atoms with van der Waals surface area (Å²) in [6, 6.07) is 8.52. The monoisotopic (exact) mass is 320 g/mol. The minimum Gasteiger partial charge on any atom is -0.478 e. The van der Waals surface area contributed by atoms with Crippen LogP contribution in [0.5, 0.6) is 0 Å². The summed E-state index contributed by atoms with van der Waals surface area (Å²) in [6.07, 6.45) is 1.28. The second-order valence-corrected chi connectivity index (χ2v) is 4.12. The van der Waals surface area contributed by atoms with Crippen LogP contribution in [0.4, 0.5) is 0 Å². The van der Waals surface area contributed by atoms with E-state index < -0.39 is 11.9 Å². The highest BCUT2D eigenvalue weighted by Gasteiger charge is 2.08. The lowest BCUT2D eigenvalue weighted by Gasteiger charge is -2.04. The number of rotatable bonds is 7. The highest BCUT2D eigenvalue weighted by atomic mass is 16.5. The minimum absolute atomic E-state index is 0.0266. The number of aliphatic carboxylic acids is 1. The van der Waals surface area contributed by atoms with Crippen LogP contribution in [0.2, 0.25) is 0 Å². The van der Waals surface area contributed by atoms with E-state index in [0.717, 1.165) is 6.08 Å². The van der Waals surface area contributed by atoms with Crippen LogP contribution < -0.4 is 0 Å². The summed E-state index contributed by atoms with van der Waals surface area (Å²) in [5, 5.41) is 8.52. The molecule has 0 aliphatic carbocycles. The molecule has 1 N–H and O–H groups in total. The number of benzene rings is 1. The fraction of sp³-hybridized carbons (Fsp3) is 0.235. The van der Waals surface area contributed by atoms with Gasteiger partial charge in [-0.05, 0) is 19.1 Å². The van der Waals surface area contributed by atoms with Crippen LogP contribution in [0, 0.1) is 0 Å². The van der Waals surface area contributed by atoms with Gasteiger partial charge in [0.05, 0.1) is 18.8 Å². The fourth-order valence-electron chi connectivity index (χ4n) is 1.23. The topological polar surface area (TPSA) is 89.9 Å². The van der Waals surface area contributed by atoms with Gasteiger partial charge in [-0.15, -0.1) is 0 Å². The first-order chi connectivity index (χ1) is 10.9. The number of hydrogen-bond donors (Lipinski definition) is 1. The maximum atomic E-state index is 11.4. The van der Waals surface area contributed by atoms with Crippen molar-refractivity contribution in [3.05, 3.63) is 60.7 Å². The molecule has 0 bridgehead atoms. The molecule has 6 nitrogen and oxygen atoms in total. The minimum atomic E-state index is -1.07. The van der Waals surface area contributed by atoms with E-state index in [2.05, 4.69) is 17.9 Å². The van der Waals surface area contributed by atoms with Crippen molar-refractivity contribution in [1.82, 2.24) is 0 Å². The van der Waals surface area contributed by atoms with Crippen molar-refractivity contribution in [1.29, 1.82) is 0 Å². The first kappa shape index (κ1) is 20.1. The third kappa shape index (κ3) is 9.62. The van der Waals surface area contributed by atoms with Gasteiger partial charge >= 0.3 is 17.9 Å². The van der Waals surface area contributed by atoms with Gasteiger partial charge in [-0.2, -0.15) is 0 Å². The first-order valence-electron chi connectivity index (χ1n) is 6.84. The largest absolute Gasteiger partial charge is 0.478 e. The van der Waals surface area contributed by atoms with Gasteiger partial charge in [-0.1, -0.05) is 31.4 Å². The predicted molar refractivity (Wildman–Crippen MR) is 84.9 cm³/mol. The highest BCUT2D eigenvalue weighted by molar-refractivity contribution is 5.89. The van der Waals surface area contributed by atoms with Gasteiger partial charge in [0, 0.05) is 18.1 Å². The molecular weight excluding hydrogens is 300 g/mol. The van der Waals surface area contributed by atoms with Crippen molar-refractivity contribution in [2.75, 3.05) is 13.2 Å². The number of esters is 2. The molecule has 0 fully saturated rings. The maximum absolute atomic E-state index is 11.4. The van der Waals surface area contributed by atoms with Crippen molar-refractivity contribution in [2.24, 2.45) is 0 Å². The Labute approximate surface area is 135 Å². The maximum Gasteiger partial charge on any atom is 0.338 e. The van der Waals surface area contributed by atoms with Crippen molar-refractivity contribution in [3.8, 4) is 0 Å². The van der Waals surface area contributed by atoms with Gasteiger partial charge in [0.25, 0.3) is 0 Å². The molecule has 1 aromatic carbocycles. The van der Waals surface area contributed by atoms with E-state index in [1.54, 1.807) is 37.3 Å². The number of ether oxygens (including phenoxy) is 2. The van der Waals surface area contributed by atoms with E-state index in [-0.39, 0.29) is 24.6 Å². The molecule has 0 heterocycles. The third-order valence-corrected chi connectivity index (χ3v) is 2.40. The molecule has 0 amide bonds. The molecule has 23 heavy (non-hydrogen) atoms. The second kappa shape index (κ2) is 11.7. The fourth-order valence-corrected chi connectivity index (χ4v) is 1.23. The van der Waals surface area contributed by atoms with E-state index in [1.807, 2.05) is 0 Å².